The molecule has 2 aromatic rings. The molecular formula is C12H13FIN3. The lowest BCUT2D eigenvalue weighted by molar-refractivity contribution is 0.627. The van der Waals surface area contributed by atoms with Crippen LogP contribution in [-0.2, 0) is 6.54 Å². The van der Waals surface area contributed by atoms with E-state index in [1.807, 2.05) is 10.8 Å². The van der Waals surface area contributed by atoms with Gasteiger partial charge in [0.15, 0.2) is 0 Å². The van der Waals surface area contributed by atoms with Crippen LogP contribution in [0.15, 0.2) is 30.6 Å². The van der Waals surface area contributed by atoms with Crippen LogP contribution in [0.25, 0.3) is 0 Å². The SMILES string of the molecule is CCCn1ccnc1Nc1ccc(F)cc1I. The summed E-state index contributed by atoms with van der Waals surface area (Å²) in [5.41, 5.74) is 0.871. The summed E-state index contributed by atoms with van der Waals surface area (Å²) in [6, 6.07) is 4.66. The number of imidazole rings is 1. The minimum atomic E-state index is -0.225. The van der Waals surface area contributed by atoms with Crippen LogP contribution in [0.2, 0.25) is 0 Å². The maximum atomic E-state index is 13.0. The molecule has 17 heavy (non-hydrogen) atoms. The van der Waals surface area contributed by atoms with Gasteiger partial charge in [-0.25, -0.2) is 9.37 Å². The Balaban J connectivity index is 2.22. The molecule has 0 atom stereocenters. The van der Waals surface area contributed by atoms with Gasteiger partial charge in [0.25, 0.3) is 0 Å². The minimum absolute atomic E-state index is 0.225. The molecule has 0 fully saturated rings. The van der Waals surface area contributed by atoms with Crippen LogP contribution in [0.4, 0.5) is 16.0 Å². The van der Waals surface area contributed by atoms with Crippen LogP contribution < -0.4 is 5.32 Å². The molecule has 3 nitrogen and oxygen atoms in total. The highest BCUT2D eigenvalue weighted by molar-refractivity contribution is 14.1. The number of nitrogens with zero attached hydrogens (tertiary/aromatic N) is 2. The largest absolute Gasteiger partial charge is 0.325 e. The number of nitrogens with one attached hydrogen (secondary N) is 1. The lowest BCUT2D eigenvalue weighted by atomic mass is 10.3. The molecule has 0 aliphatic heterocycles. The average molecular weight is 345 g/mol. The first-order chi connectivity index (χ1) is 8.20. The molecule has 2 rings (SSSR count). The minimum Gasteiger partial charge on any atom is -0.325 e. The predicted molar refractivity (Wildman–Crippen MR) is 74.9 cm³/mol. The van der Waals surface area contributed by atoms with E-state index < -0.39 is 0 Å². The van der Waals surface area contributed by atoms with Gasteiger partial charge in [0.2, 0.25) is 5.95 Å². The molecule has 0 aliphatic rings. The maximum absolute atomic E-state index is 13.0. The first kappa shape index (κ1) is 12.3. The normalized spacial score (nSPS) is 10.5. The van der Waals surface area contributed by atoms with Gasteiger partial charge in [0, 0.05) is 22.5 Å². The van der Waals surface area contributed by atoms with E-state index in [2.05, 4.69) is 39.8 Å². The van der Waals surface area contributed by atoms with E-state index in [0.717, 1.165) is 28.2 Å². The van der Waals surface area contributed by atoms with Crippen LogP contribution >= 0.6 is 22.6 Å². The van der Waals surface area contributed by atoms with Gasteiger partial charge in [-0.1, -0.05) is 6.92 Å². The van der Waals surface area contributed by atoms with Crippen molar-refractivity contribution in [3.8, 4) is 0 Å². The summed E-state index contributed by atoms with van der Waals surface area (Å²) in [6.45, 7) is 3.03. The van der Waals surface area contributed by atoms with Gasteiger partial charge in [0.05, 0.1) is 5.69 Å². The van der Waals surface area contributed by atoms with Crippen molar-refractivity contribution in [3.63, 3.8) is 0 Å². The standard InChI is InChI=1S/C12H13FIN3/c1-2-6-17-7-5-15-12(17)16-11-4-3-9(13)8-10(11)14/h3-5,7-8H,2,6H2,1H3,(H,15,16). The van der Waals surface area contributed by atoms with Gasteiger partial charge in [-0.3, -0.25) is 0 Å². The topological polar surface area (TPSA) is 29.9 Å². The Kier molecular flexibility index (Phi) is 3.98. The third-order valence-corrected chi connectivity index (χ3v) is 3.25. The second-order valence-electron chi connectivity index (χ2n) is 3.69. The van der Waals surface area contributed by atoms with Crippen molar-refractivity contribution in [1.82, 2.24) is 9.55 Å². The Morgan fingerprint density at radius 1 is 1.47 bits per heavy atom. The van der Waals surface area contributed by atoms with Crippen molar-refractivity contribution < 1.29 is 4.39 Å². The Morgan fingerprint density at radius 2 is 2.29 bits per heavy atom. The Morgan fingerprint density at radius 3 is 3.00 bits per heavy atom. The Bertz CT molecular complexity index is 510. The summed E-state index contributed by atoms with van der Waals surface area (Å²) in [7, 11) is 0. The second-order valence-corrected chi connectivity index (χ2v) is 4.86. The van der Waals surface area contributed by atoms with E-state index in [0.29, 0.717) is 0 Å². The summed E-state index contributed by atoms with van der Waals surface area (Å²) in [5, 5.41) is 3.21. The molecule has 1 aromatic heterocycles. The van der Waals surface area contributed by atoms with Crippen molar-refractivity contribution >= 4 is 34.2 Å². The van der Waals surface area contributed by atoms with Crippen molar-refractivity contribution in [2.75, 3.05) is 5.32 Å². The molecule has 1 heterocycles. The van der Waals surface area contributed by atoms with E-state index in [4.69, 9.17) is 0 Å². The molecule has 0 saturated heterocycles. The Hall–Kier alpha value is -1.11. The van der Waals surface area contributed by atoms with E-state index in [1.54, 1.807) is 12.3 Å². The number of hydrogen-bond donors (Lipinski definition) is 1. The monoisotopic (exact) mass is 345 g/mol. The zero-order valence-electron chi connectivity index (χ0n) is 9.45. The fourth-order valence-electron chi connectivity index (χ4n) is 1.57. The summed E-state index contributed by atoms with van der Waals surface area (Å²) in [6.07, 6.45) is 4.74. The lowest BCUT2D eigenvalue weighted by Crippen LogP contribution is -2.03. The van der Waals surface area contributed by atoms with E-state index >= 15 is 0 Å². The highest BCUT2D eigenvalue weighted by Gasteiger charge is 2.05. The summed E-state index contributed by atoms with van der Waals surface area (Å²) in [4.78, 5) is 4.25. The van der Waals surface area contributed by atoms with Crippen molar-refractivity contribution in [2.24, 2.45) is 0 Å². The van der Waals surface area contributed by atoms with Gasteiger partial charge in [-0.2, -0.15) is 0 Å². The van der Waals surface area contributed by atoms with Crippen LogP contribution in [0.1, 0.15) is 13.3 Å². The molecule has 0 unspecified atom stereocenters. The van der Waals surface area contributed by atoms with Crippen LogP contribution in [-0.4, -0.2) is 9.55 Å². The van der Waals surface area contributed by atoms with Crippen LogP contribution in [0, 0.1) is 9.39 Å². The van der Waals surface area contributed by atoms with Gasteiger partial charge in [0.1, 0.15) is 5.82 Å². The third kappa shape index (κ3) is 2.96. The number of halogens is 2. The third-order valence-electron chi connectivity index (χ3n) is 2.36. The first-order valence-electron chi connectivity index (χ1n) is 5.44. The number of aryl methyl sites for hydroxylation is 1. The van der Waals surface area contributed by atoms with E-state index in [1.165, 1.54) is 12.1 Å². The molecule has 0 radical (unpaired) electrons. The fraction of sp³-hybridized carbons (Fsp3) is 0.250. The zero-order chi connectivity index (χ0) is 12.3. The number of aromatic nitrogens is 2. The molecule has 5 heteroatoms. The van der Waals surface area contributed by atoms with Crippen molar-refractivity contribution in [1.29, 1.82) is 0 Å². The van der Waals surface area contributed by atoms with Crippen molar-refractivity contribution in [3.05, 3.63) is 40.0 Å². The molecule has 90 valence electrons. The predicted octanol–water partition coefficient (Wildman–Crippen LogP) is 3.78. The van der Waals surface area contributed by atoms with Gasteiger partial charge < -0.3 is 9.88 Å². The highest BCUT2D eigenvalue weighted by atomic mass is 127. The number of anilines is 2. The quantitative estimate of drug-likeness (QED) is 0.855. The van der Waals surface area contributed by atoms with Gasteiger partial charge in [-0.05, 0) is 47.2 Å². The Labute approximate surface area is 113 Å². The van der Waals surface area contributed by atoms with E-state index in [-0.39, 0.29) is 5.82 Å². The molecule has 0 spiro atoms. The molecule has 0 aliphatic carbocycles. The molecule has 0 saturated carbocycles. The van der Waals surface area contributed by atoms with Crippen LogP contribution in [0.5, 0.6) is 0 Å². The number of hydrogen-bond acceptors (Lipinski definition) is 2. The second kappa shape index (κ2) is 5.48. The summed E-state index contributed by atoms with van der Waals surface area (Å²) in [5.74, 6) is 0.563. The van der Waals surface area contributed by atoms with Gasteiger partial charge >= 0.3 is 0 Å². The number of benzene rings is 1. The molecule has 0 bridgehead atoms. The molecule has 0 amide bonds. The molecule has 1 aromatic carbocycles. The highest BCUT2D eigenvalue weighted by Crippen LogP contribution is 2.22. The lowest BCUT2D eigenvalue weighted by Gasteiger charge is -2.10. The van der Waals surface area contributed by atoms with Gasteiger partial charge in [-0.15, -0.1) is 0 Å². The summed E-state index contributed by atoms with van der Waals surface area (Å²) >= 11 is 2.10. The van der Waals surface area contributed by atoms with Crippen LogP contribution in [0.3, 0.4) is 0 Å². The fourth-order valence-corrected chi connectivity index (χ4v) is 2.18. The molecular weight excluding hydrogens is 332 g/mol. The maximum Gasteiger partial charge on any atom is 0.207 e. The summed E-state index contributed by atoms with van der Waals surface area (Å²) < 4.78 is 15.9. The number of rotatable bonds is 4. The first-order valence-corrected chi connectivity index (χ1v) is 6.52. The average Bonchev–Trinajstić information content (AvgIpc) is 2.71. The zero-order valence-corrected chi connectivity index (χ0v) is 11.6. The van der Waals surface area contributed by atoms with Crippen molar-refractivity contribution in [2.45, 2.75) is 19.9 Å². The smallest absolute Gasteiger partial charge is 0.207 e. The molecule has 1 N–H and O–H groups in total. The van der Waals surface area contributed by atoms with E-state index in [9.17, 15) is 4.39 Å².